The molecule has 3 nitrogen and oxygen atoms in total. The summed E-state index contributed by atoms with van der Waals surface area (Å²) < 4.78 is 5.27. The van der Waals surface area contributed by atoms with Gasteiger partial charge in [-0.05, 0) is 40.2 Å². The highest BCUT2D eigenvalue weighted by molar-refractivity contribution is 9.10. The van der Waals surface area contributed by atoms with Gasteiger partial charge in [-0.3, -0.25) is 0 Å². The Morgan fingerprint density at radius 3 is 2.56 bits per heavy atom. The molecule has 0 spiro atoms. The number of methoxy groups -OCH3 is 1. The number of esters is 1. The zero-order valence-electron chi connectivity index (χ0n) is 9.48. The van der Waals surface area contributed by atoms with E-state index in [4.69, 9.17) is 16.3 Å². The Balaban J connectivity index is 2.48. The zero-order valence-corrected chi connectivity index (χ0v) is 11.8. The first-order valence-electron chi connectivity index (χ1n) is 5.12. The molecular formula is C13H9BrClNO2. The number of nitrogens with zero attached hydrogens (tertiary/aromatic N) is 1. The molecule has 1 aromatic carbocycles. The second-order valence-corrected chi connectivity index (χ2v) is 4.81. The minimum atomic E-state index is -0.395. The summed E-state index contributed by atoms with van der Waals surface area (Å²) in [5.41, 5.74) is 2.01. The maximum absolute atomic E-state index is 11.5. The Morgan fingerprint density at radius 1 is 1.28 bits per heavy atom. The summed E-state index contributed by atoms with van der Waals surface area (Å²) in [5.74, 6) is -0.395. The minimum absolute atomic E-state index is 0.395. The van der Waals surface area contributed by atoms with Crippen molar-refractivity contribution in [3.05, 3.63) is 51.6 Å². The van der Waals surface area contributed by atoms with Crippen LogP contribution in [-0.2, 0) is 4.74 Å². The van der Waals surface area contributed by atoms with Crippen molar-refractivity contribution in [2.24, 2.45) is 0 Å². The molecule has 92 valence electrons. The number of hydrogen-bond acceptors (Lipinski definition) is 3. The van der Waals surface area contributed by atoms with Crippen LogP contribution < -0.4 is 0 Å². The molecule has 0 saturated heterocycles. The quantitative estimate of drug-likeness (QED) is 0.619. The van der Waals surface area contributed by atoms with E-state index in [1.165, 1.54) is 7.11 Å². The van der Waals surface area contributed by atoms with E-state index in [1.54, 1.807) is 24.3 Å². The molecule has 0 atom stereocenters. The molecular weight excluding hydrogens is 318 g/mol. The fraction of sp³-hybridized carbons (Fsp3) is 0.0769. The largest absolute Gasteiger partial charge is 0.465 e. The van der Waals surface area contributed by atoms with Crippen molar-refractivity contribution in [1.82, 2.24) is 4.98 Å². The van der Waals surface area contributed by atoms with Crippen molar-refractivity contribution in [2.45, 2.75) is 0 Å². The highest BCUT2D eigenvalue weighted by Crippen LogP contribution is 2.23. The number of benzene rings is 1. The maximum Gasteiger partial charge on any atom is 0.338 e. The van der Waals surface area contributed by atoms with Crippen LogP contribution in [0.1, 0.15) is 10.4 Å². The average molecular weight is 327 g/mol. The van der Waals surface area contributed by atoms with E-state index in [2.05, 4.69) is 20.9 Å². The number of rotatable bonds is 2. The summed E-state index contributed by atoms with van der Waals surface area (Å²) in [6, 6.07) is 10.5. The molecule has 1 aromatic heterocycles. The van der Waals surface area contributed by atoms with Crippen molar-refractivity contribution in [3.8, 4) is 11.3 Å². The molecule has 2 aromatic rings. The summed E-state index contributed by atoms with van der Waals surface area (Å²) in [5, 5.41) is 0.655. The lowest BCUT2D eigenvalue weighted by atomic mass is 10.1. The van der Waals surface area contributed by atoms with Crippen LogP contribution in [0.4, 0.5) is 0 Å². The van der Waals surface area contributed by atoms with Gasteiger partial charge in [0.25, 0.3) is 0 Å². The maximum atomic E-state index is 11.5. The Bertz CT molecular complexity index is 584. The third-order valence-corrected chi connectivity index (χ3v) is 3.01. The van der Waals surface area contributed by atoms with Gasteiger partial charge in [-0.15, -0.1) is 0 Å². The molecule has 5 heteroatoms. The molecule has 0 amide bonds. The molecule has 0 aliphatic heterocycles. The topological polar surface area (TPSA) is 39.2 Å². The fourth-order valence-electron chi connectivity index (χ4n) is 1.50. The van der Waals surface area contributed by atoms with Gasteiger partial charge in [0.15, 0.2) is 0 Å². The van der Waals surface area contributed by atoms with E-state index in [0.717, 1.165) is 5.56 Å². The van der Waals surface area contributed by atoms with Crippen molar-refractivity contribution < 1.29 is 9.53 Å². The molecule has 1 heterocycles. The summed E-state index contributed by atoms with van der Waals surface area (Å²) in [6.45, 7) is 0. The summed E-state index contributed by atoms with van der Waals surface area (Å²) in [7, 11) is 1.35. The summed E-state index contributed by atoms with van der Waals surface area (Å²) in [6.07, 6.45) is 0. The summed E-state index contributed by atoms with van der Waals surface area (Å²) in [4.78, 5) is 15.8. The number of aromatic nitrogens is 1. The minimum Gasteiger partial charge on any atom is -0.465 e. The standard InChI is InChI=1S/C13H9BrClNO2/c1-18-13(17)9-6-11(16-12(14)7-9)8-2-4-10(15)5-3-8/h2-7H,1H3. The number of carbonyl (C=O) groups excluding carboxylic acids is 1. The van der Waals surface area contributed by atoms with Gasteiger partial charge in [0.2, 0.25) is 0 Å². The van der Waals surface area contributed by atoms with Gasteiger partial charge in [0.05, 0.1) is 18.4 Å². The molecule has 0 fully saturated rings. The van der Waals surface area contributed by atoms with E-state index < -0.39 is 5.97 Å². The number of halogens is 2. The molecule has 0 unspecified atom stereocenters. The van der Waals surface area contributed by atoms with Crippen molar-refractivity contribution >= 4 is 33.5 Å². The lowest BCUT2D eigenvalue weighted by Crippen LogP contribution is -2.02. The summed E-state index contributed by atoms with van der Waals surface area (Å²) >= 11 is 9.11. The van der Waals surface area contributed by atoms with Crippen LogP contribution in [0.15, 0.2) is 41.0 Å². The van der Waals surface area contributed by atoms with Gasteiger partial charge in [0, 0.05) is 10.6 Å². The molecule has 0 aliphatic carbocycles. The monoisotopic (exact) mass is 325 g/mol. The molecule has 18 heavy (non-hydrogen) atoms. The van der Waals surface area contributed by atoms with Crippen LogP contribution in [0.2, 0.25) is 5.02 Å². The van der Waals surface area contributed by atoms with Crippen LogP contribution in [-0.4, -0.2) is 18.1 Å². The predicted molar refractivity (Wildman–Crippen MR) is 73.7 cm³/mol. The number of pyridine rings is 1. The number of carbonyl (C=O) groups is 1. The van der Waals surface area contributed by atoms with Gasteiger partial charge in [-0.1, -0.05) is 23.7 Å². The van der Waals surface area contributed by atoms with E-state index in [9.17, 15) is 4.79 Å². The lowest BCUT2D eigenvalue weighted by Gasteiger charge is -2.05. The Hall–Kier alpha value is -1.39. The van der Waals surface area contributed by atoms with Crippen LogP contribution in [0.5, 0.6) is 0 Å². The van der Waals surface area contributed by atoms with E-state index >= 15 is 0 Å². The second-order valence-electron chi connectivity index (χ2n) is 3.56. The van der Waals surface area contributed by atoms with Crippen LogP contribution in [0, 0.1) is 0 Å². The van der Waals surface area contributed by atoms with E-state index in [0.29, 0.717) is 20.9 Å². The second kappa shape index (κ2) is 5.50. The number of ether oxygens (including phenoxy) is 1. The Morgan fingerprint density at radius 2 is 1.94 bits per heavy atom. The van der Waals surface area contributed by atoms with Gasteiger partial charge >= 0.3 is 5.97 Å². The molecule has 0 saturated carbocycles. The van der Waals surface area contributed by atoms with Gasteiger partial charge in [-0.25, -0.2) is 9.78 Å². The van der Waals surface area contributed by atoms with Gasteiger partial charge in [0.1, 0.15) is 4.60 Å². The number of hydrogen-bond donors (Lipinski definition) is 0. The van der Waals surface area contributed by atoms with Crippen molar-refractivity contribution in [3.63, 3.8) is 0 Å². The van der Waals surface area contributed by atoms with Gasteiger partial charge < -0.3 is 4.74 Å². The van der Waals surface area contributed by atoms with Gasteiger partial charge in [-0.2, -0.15) is 0 Å². The van der Waals surface area contributed by atoms with Crippen molar-refractivity contribution in [2.75, 3.05) is 7.11 Å². The first-order valence-corrected chi connectivity index (χ1v) is 6.29. The van der Waals surface area contributed by atoms with Crippen LogP contribution in [0.25, 0.3) is 11.3 Å². The molecule has 0 bridgehead atoms. The highest BCUT2D eigenvalue weighted by Gasteiger charge is 2.10. The normalized spacial score (nSPS) is 10.2. The molecule has 0 radical (unpaired) electrons. The van der Waals surface area contributed by atoms with E-state index in [1.807, 2.05) is 12.1 Å². The van der Waals surface area contributed by atoms with Crippen LogP contribution >= 0.6 is 27.5 Å². The fourth-order valence-corrected chi connectivity index (χ4v) is 2.06. The molecule has 0 aliphatic rings. The lowest BCUT2D eigenvalue weighted by molar-refractivity contribution is 0.0600. The zero-order chi connectivity index (χ0) is 13.1. The first-order chi connectivity index (χ1) is 8.60. The Kier molecular flexibility index (Phi) is 3.99. The first kappa shape index (κ1) is 13.1. The van der Waals surface area contributed by atoms with Crippen molar-refractivity contribution in [1.29, 1.82) is 0 Å². The Labute approximate surface area is 118 Å². The molecule has 0 N–H and O–H groups in total. The smallest absolute Gasteiger partial charge is 0.338 e. The average Bonchev–Trinajstić information content (AvgIpc) is 2.38. The third-order valence-electron chi connectivity index (χ3n) is 2.36. The predicted octanol–water partition coefficient (Wildman–Crippen LogP) is 3.95. The van der Waals surface area contributed by atoms with E-state index in [-0.39, 0.29) is 0 Å². The van der Waals surface area contributed by atoms with Crippen LogP contribution in [0.3, 0.4) is 0 Å². The third kappa shape index (κ3) is 2.89. The SMILES string of the molecule is COC(=O)c1cc(Br)nc(-c2ccc(Cl)cc2)c1. The molecule has 2 rings (SSSR count). The highest BCUT2D eigenvalue weighted by atomic mass is 79.9.